The fourth-order valence-corrected chi connectivity index (χ4v) is 3.57. The number of amides is 1. The van der Waals surface area contributed by atoms with Crippen LogP contribution in [-0.4, -0.2) is 28.8 Å². The molecule has 1 N–H and O–H groups in total. The molecule has 0 saturated carbocycles. The second kappa shape index (κ2) is 9.80. The van der Waals surface area contributed by atoms with E-state index in [2.05, 4.69) is 26.9 Å². The number of carbonyl (C=O) groups is 1. The fraction of sp³-hybridized carbons (Fsp3) is 0.200. The Morgan fingerprint density at radius 1 is 1.06 bits per heavy atom. The van der Waals surface area contributed by atoms with E-state index in [1.54, 1.807) is 12.4 Å². The molecule has 4 aromatic rings. The topological polar surface area (TPSA) is 59.4 Å². The van der Waals surface area contributed by atoms with Crippen molar-refractivity contribution in [2.24, 2.45) is 0 Å². The zero-order valence-electron chi connectivity index (χ0n) is 17.6. The van der Waals surface area contributed by atoms with Gasteiger partial charge in [0.2, 0.25) is 0 Å². The Bertz CT molecular complexity index is 1130. The van der Waals surface area contributed by atoms with Gasteiger partial charge in [-0.1, -0.05) is 37.3 Å². The van der Waals surface area contributed by atoms with Crippen molar-refractivity contribution in [3.05, 3.63) is 90.9 Å². The SMILES string of the molecule is CCCN(c1ccncc1)n1ccc2cc(OC(=O)NCCc3ccccc3)ccc21. The van der Waals surface area contributed by atoms with Crippen molar-refractivity contribution in [3.8, 4) is 5.75 Å². The van der Waals surface area contributed by atoms with E-state index in [4.69, 9.17) is 4.74 Å². The van der Waals surface area contributed by atoms with Gasteiger partial charge in [0, 0.05) is 37.1 Å². The molecule has 6 heteroatoms. The molecule has 0 spiro atoms. The third-order valence-electron chi connectivity index (χ3n) is 5.03. The van der Waals surface area contributed by atoms with E-state index in [1.807, 2.05) is 72.9 Å². The van der Waals surface area contributed by atoms with Crippen LogP contribution >= 0.6 is 0 Å². The van der Waals surface area contributed by atoms with Crippen molar-refractivity contribution in [3.63, 3.8) is 0 Å². The molecule has 1 amide bonds. The van der Waals surface area contributed by atoms with E-state index in [-0.39, 0.29) is 0 Å². The summed E-state index contributed by atoms with van der Waals surface area (Å²) in [7, 11) is 0. The molecule has 4 rings (SSSR count). The minimum Gasteiger partial charge on any atom is -0.410 e. The molecule has 0 fully saturated rings. The number of hydrogen-bond donors (Lipinski definition) is 1. The average Bonchev–Trinajstić information content (AvgIpc) is 3.21. The zero-order chi connectivity index (χ0) is 21.5. The predicted molar refractivity (Wildman–Crippen MR) is 123 cm³/mol. The summed E-state index contributed by atoms with van der Waals surface area (Å²) in [5.41, 5.74) is 3.30. The molecular formula is C25H26N4O2. The van der Waals surface area contributed by atoms with Crippen molar-refractivity contribution < 1.29 is 9.53 Å². The lowest BCUT2D eigenvalue weighted by molar-refractivity contribution is 0.200. The van der Waals surface area contributed by atoms with E-state index in [0.717, 1.165) is 36.0 Å². The van der Waals surface area contributed by atoms with E-state index < -0.39 is 6.09 Å². The molecule has 2 heterocycles. The number of pyridine rings is 1. The molecule has 158 valence electrons. The van der Waals surface area contributed by atoms with Crippen LogP contribution in [0, 0.1) is 0 Å². The standard InChI is InChI=1S/C25H26N4O2/c1-2-17-28(22-11-14-26-15-12-22)29-18-13-21-19-23(8-9-24(21)29)31-25(30)27-16-10-20-6-4-3-5-7-20/h3-9,11-15,18-19H,2,10,16-17H2,1H3,(H,27,30). The molecule has 2 aromatic carbocycles. The molecule has 0 atom stereocenters. The first-order valence-corrected chi connectivity index (χ1v) is 10.5. The number of nitrogens with zero attached hydrogens (tertiary/aromatic N) is 3. The largest absolute Gasteiger partial charge is 0.412 e. The number of fused-ring (bicyclic) bond motifs is 1. The smallest absolute Gasteiger partial charge is 0.410 e. The highest BCUT2D eigenvalue weighted by Crippen LogP contribution is 2.25. The van der Waals surface area contributed by atoms with Crippen molar-refractivity contribution >= 4 is 22.7 Å². The van der Waals surface area contributed by atoms with E-state index >= 15 is 0 Å². The van der Waals surface area contributed by atoms with Gasteiger partial charge in [-0.15, -0.1) is 0 Å². The minimum absolute atomic E-state index is 0.445. The Morgan fingerprint density at radius 3 is 2.65 bits per heavy atom. The van der Waals surface area contributed by atoms with Gasteiger partial charge < -0.3 is 10.1 Å². The average molecular weight is 415 g/mol. The van der Waals surface area contributed by atoms with Crippen molar-refractivity contribution in [1.29, 1.82) is 0 Å². The number of benzene rings is 2. The number of anilines is 1. The summed E-state index contributed by atoms with van der Waals surface area (Å²) in [4.78, 5) is 16.3. The highest BCUT2D eigenvalue weighted by Gasteiger charge is 2.12. The van der Waals surface area contributed by atoms with E-state index in [1.165, 1.54) is 5.56 Å². The van der Waals surface area contributed by atoms with Crippen LogP contribution in [0.5, 0.6) is 5.75 Å². The molecule has 31 heavy (non-hydrogen) atoms. The monoisotopic (exact) mass is 414 g/mol. The highest BCUT2D eigenvalue weighted by molar-refractivity contribution is 5.83. The molecule has 0 unspecified atom stereocenters. The van der Waals surface area contributed by atoms with Crippen LogP contribution < -0.4 is 15.1 Å². The Kier molecular flexibility index (Phi) is 6.47. The zero-order valence-corrected chi connectivity index (χ0v) is 17.6. The van der Waals surface area contributed by atoms with Crippen LogP contribution in [0.15, 0.2) is 85.3 Å². The third-order valence-corrected chi connectivity index (χ3v) is 5.03. The Balaban J connectivity index is 1.43. The highest BCUT2D eigenvalue weighted by atomic mass is 16.6. The maximum atomic E-state index is 12.2. The van der Waals surface area contributed by atoms with Gasteiger partial charge in [-0.2, -0.15) is 0 Å². The first-order chi connectivity index (χ1) is 15.2. The van der Waals surface area contributed by atoms with Crippen LogP contribution in [0.2, 0.25) is 0 Å². The number of ether oxygens (including phenoxy) is 1. The fourth-order valence-electron chi connectivity index (χ4n) is 3.57. The molecule has 0 aliphatic heterocycles. The second-order valence-corrected chi connectivity index (χ2v) is 7.26. The normalized spacial score (nSPS) is 10.7. The van der Waals surface area contributed by atoms with Crippen LogP contribution in [0.4, 0.5) is 10.5 Å². The molecular weight excluding hydrogens is 388 g/mol. The first-order valence-electron chi connectivity index (χ1n) is 10.5. The minimum atomic E-state index is -0.445. The number of aromatic nitrogens is 2. The second-order valence-electron chi connectivity index (χ2n) is 7.26. The Labute approximate surface area is 182 Å². The molecule has 0 aliphatic carbocycles. The lowest BCUT2D eigenvalue weighted by Gasteiger charge is -2.26. The Hall–Kier alpha value is -3.80. The van der Waals surface area contributed by atoms with Crippen molar-refractivity contribution in [1.82, 2.24) is 15.0 Å². The summed E-state index contributed by atoms with van der Waals surface area (Å²) in [6, 6.07) is 21.8. The van der Waals surface area contributed by atoms with Crippen LogP contribution in [0.25, 0.3) is 10.9 Å². The van der Waals surface area contributed by atoms with Gasteiger partial charge in [-0.05, 0) is 54.8 Å². The number of nitrogens with one attached hydrogen (secondary N) is 1. The summed E-state index contributed by atoms with van der Waals surface area (Å²) in [5.74, 6) is 0.522. The lowest BCUT2D eigenvalue weighted by Crippen LogP contribution is -2.29. The molecule has 2 aromatic heterocycles. The van der Waals surface area contributed by atoms with Gasteiger partial charge in [-0.3, -0.25) is 14.7 Å². The number of hydrogen-bond acceptors (Lipinski definition) is 4. The molecule has 6 nitrogen and oxygen atoms in total. The van der Waals surface area contributed by atoms with Crippen LogP contribution in [0.1, 0.15) is 18.9 Å². The van der Waals surface area contributed by atoms with Gasteiger partial charge in [0.1, 0.15) is 5.75 Å². The van der Waals surface area contributed by atoms with Gasteiger partial charge in [-0.25, -0.2) is 4.79 Å². The van der Waals surface area contributed by atoms with Gasteiger partial charge in [0.25, 0.3) is 0 Å². The van der Waals surface area contributed by atoms with E-state index in [0.29, 0.717) is 12.3 Å². The molecule has 0 aliphatic rings. The van der Waals surface area contributed by atoms with Crippen LogP contribution in [0.3, 0.4) is 0 Å². The molecule has 0 bridgehead atoms. The maximum Gasteiger partial charge on any atom is 0.412 e. The lowest BCUT2D eigenvalue weighted by atomic mass is 10.1. The number of rotatable bonds is 8. The molecule has 0 saturated heterocycles. The van der Waals surface area contributed by atoms with Gasteiger partial charge in [0.15, 0.2) is 0 Å². The maximum absolute atomic E-state index is 12.2. The summed E-state index contributed by atoms with van der Waals surface area (Å²) >= 11 is 0. The van der Waals surface area contributed by atoms with Crippen molar-refractivity contribution in [2.75, 3.05) is 18.1 Å². The van der Waals surface area contributed by atoms with E-state index in [9.17, 15) is 4.79 Å². The first kappa shape index (κ1) is 20.5. The molecule has 0 radical (unpaired) electrons. The van der Waals surface area contributed by atoms with Crippen LogP contribution in [-0.2, 0) is 6.42 Å². The summed E-state index contributed by atoms with van der Waals surface area (Å²) in [5, 5.41) is 6.02. The summed E-state index contributed by atoms with van der Waals surface area (Å²) < 4.78 is 7.60. The Morgan fingerprint density at radius 2 is 1.87 bits per heavy atom. The quantitative estimate of drug-likeness (QED) is 0.438. The van der Waals surface area contributed by atoms with Crippen molar-refractivity contribution in [2.45, 2.75) is 19.8 Å². The summed E-state index contributed by atoms with van der Waals surface area (Å²) in [6.07, 6.45) is 6.95. The third kappa shape index (κ3) is 5.04. The predicted octanol–water partition coefficient (Wildman–Crippen LogP) is 5.05. The number of carbonyl (C=O) groups excluding carboxylic acids is 1. The summed E-state index contributed by atoms with van der Waals surface area (Å²) in [6.45, 7) is 3.55. The van der Waals surface area contributed by atoms with Gasteiger partial charge in [0.05, 0.1) is 11.2 Å². The van der Waals surface area contributed by atoms with Gasteiger partial charge >= 0.3 is 6.09 Å².